The molecule has 0 bridgehead atoms. The molecular formula is C24H24N2O2S. The largest absolute Gasteiger partial charge is 0.351 e. The second-order valence-corrected chi connectivity index (χ2v) is 8.32. The highest BCUT2D eigenvalue weighted by Gasteiger charge is 2.19. The van der Waals surface area contributed by atoms with Gasteiger partial charge in [0.15, 0.2) is 0 Å². The van der Waals surface area contributed by atoms with E-state index in [2.05, 4.69) is 35.6 Å². The minimum Gasteiger partial charge on any atom is -0.351 e. The van der Waals surface area contributed by atoms with Crippen LogP contribution >= 0.6 is 11.8 Å². The van der Waals surface area contributed by atoms with Crippen LogP contribution in [-0.4, -0.2) is 35.6 Å². The lowest BCUT2D eigenvalue weighted by atomic mass is 10.1. The number of rotatable bonds is 6. The smallest absolute Gasteiger partial charge is 0.253 e. The first-order chi connectivity index (χ1) is 14.2. The van der Waals surface area contributed by atoms with Gasteiger partial charge in [-0.3, -0.25) is 9.59 Å². The summed E-state index contributed by atoms with van der Waals surface area (Å²) < 4.78 is 0. The number of carbonyl (C=O) groups excluding carboxylic acids is 2. The molecule has 3 aromatic carbocycles. The summed E-state index contributed by atoms with van der Waals surface area (Å²) in [5.74, 6) is 0.481. The monoisotopic (exact) mass is 404 g/mol. The SMILES string of the molecule is O=C(CSc1ccc2ccccc2c1)NCc1ccc(C(=O)N2CCCC2)cc1. The van der Waals surface area contributed by atoms with Gasteiger partial charge in [0.1, 0.15) is 0 Å². The normalized spacial score (nSPS) is 13.6. The zero-order valence-electron chi connectivity index (χ0n) is 16.3. The van der Waals surface area contributed by atoms with Crippen molar-refractivity contribution in [3.05, 3.63) is 77.9 Å². The van der Waals surface area contributed by atoms with Crippen LogP contribution in [0.25, 0.3) is 10.8 Å². The van der Waals surface area contributed by atoms with Crippen molar-refractivity contribution >= 4 is 34.3 Å². The molecule has 0 spiro atoms. The van der Waals surface area contributed by atoms with Gasteiger partial charge in [0.05, 0.1) is 5.75 Å². The Balaban J connectivity index is 1.26. The Morgan fingerprint density at radius 3 is 2.38 bits per heavy atom. The second-order valence-electron chi connectivity index (χ2n) is 7.27. The minimum absolute atomic E-state index is 0.000350. The lowest BCUT2D eigenvalue weighted by Crippen LogP contribution is -2.27. The van der Waals surface area contributed by atoms with E-state index in [4.69, 9.17) is 0 Å². The molecule has 0 saturated carbocycles. The fourth-order valence-corrected chi connectivity index (χ4v) is 4.30. The number of likely N-dealkylation sites (tertiary alicyclic amines) is 1. The summed E-state index contributed by atoms with van der Waals surface area (Å²) in [6.45, 7) is 2.17. The van der Waals surface area contributed by atoms with Crippen molar-refractivity contribution in [3.63, 3.8) is 0 Å². The fourth-order valence-electron chi connectivity index (χ4n) is 3.53. The van der Waals surface area contributed by atoms with Crippen molar-refractivity contribution in [1.29, 1.82) is 0 Å². The number of fused-ring (bicyclic) bond motifs is 1. The Kier molecular flexibility index (Phi) is 6.15. The quantitative estimate of drug-likeness (QED) is 0.616. The molecular weight excluding hydrogens is 380 g/mol. The third-order valence-electron chi connectivity index (χ3n) is 5.17. The van der Waals surface area contributed by atoms with Gasteiger partial charge < -0.3 is 10.2 Å². The molecule has 0 aliphatic carbocycles. The van der Waals surface area contributed by atoms with Crippen molar-refractivity contribution < 1.29 is 9.59 Å². The van der Waals surface area contributed by atoms with Gasteiger partial charge in [-0.1, -0.05) is 42.5 Å². The molecule has 1 aliphatic rings. The van der Waals surface area contributed by atoms with E-state index in [9.17, 15) is 9.59 Å². The number of hydrogen-bond donors (Lipinski definition) is 1. The first kappa shape index (κ1) is 19.5. The Morgan fingerprint density at radius 2 is 1.62 bits per heavy atom. The van der Waals surface area contributed by atoms with E-state index >= 15 is 0 Å². The number of thioether (sulfide) groups is 1. The Hall–Kier alpha value is -2.79. The van der Waals surface area contributed by atoms with Crippen molar-refractivity contribution in [2.45, 2.75) is 24.3 Å². The van der Waals surface area contributed by atoms with Crippen molar-refractivity contribution in [2.75, 3.05) is 18.8 Å². The second kappa shape index (κ2) is 9.14. The van der Waals surface area contributed by atoms with Crippen LogP contribution in [0.2, 0.25) is 0 Å². The van der Waals surface area contributed by atoms with Gasteiger partial charge in [-0.15, -0.1) is 11.8 Å². The van der Waals surface area contributed by atoms with Crippen LogP contribution in [-0.2, 0) is 11.3 Å². The molecule has 1 N–H and O–H groups in total. The van der Waals surface area contributed by atoms with Crippen LogP contribution in [0, 0.1) is 0 Å². The topological polar surface area (TPSA) is 49.4 Å². The van der Waals surface area contributed by atoms with Crippen LogP contribution in [0.3, 0.4) is 0 Å². The van der Waals surface area contributed by atoms with Gasteiger partial charge in [-0.25, -0.2) is 0 Å². The number of nitrogens with one attached hydrogen (secondary N) is 1. The van der Waals surface area contributed by atoms with Gasteiger partial charge in [-0.2, -0.15) is 0 Å². The molecule has 2 amide bonds. The molecule has 0 radical (unpaired) electrons. The van der Waals surface area contributed by atoms with Gasteiger partial charge in [0, 0.05) is 30.1 Å². The molecule has 4 rings (SSSR count). The number of hydrogen-bond acceptors (Lipinski definition) is 3. The molecule has 1 aliphatic heterocycles. The third kappa shape index (κ3) is 4.98. The van der Waals surface area contributed by atoms with Crippen LogP contribution in [0.4, 0.5) is 0 Å². The molecule has 148 valence electrons. The van der Waals surface area contributed by atoms with Crippen LogP contribution in [0.5, 0.6) is 0 Å². The lowest BCUT2D eigenvalue weighted by molar-refractivity contribution is -0.118. The number of amides is 2. The maximum Gasteiger partial charge on any atom is 0.253 e. The summed E-state index contributed by atoms with van der Waals surface area (Å²) in [7, 11) is 0. The van der Waals surface area contributed by atoms with Gasteiger partial charge in [0.2, 0.25) is 5.91 Å². The number of nitrogens with zero attached hydrogens (tertiary/aromatic N) is 1. The highest BCUT2D eigenvalue weighted by Crippen LogP contribution is 2.23. The molecule has 29 heavy (non-hydrogen) atoms. The van der Waals surface area contributed by atoms with Crippen LogP contribution in [0.1, 0.15) is 28.8 Å². The summed E-state index contributed by atoms with van der Waals surface area (Å²) >= 11 is 1.54. The van der Waals surface area contributed by atoms with E-state index in [0.29, 0.717) is 17.9 Å². The molecule has 1 fully saturated rings. The standard InChI is InChI=1S/C24H24N2O2S/c27-23(17-29-22-12-11-19-5-1-2-6-21(19)15-22)25-16-18-7-9-20(10-8-18)24(28)26-13-3-4-14-26/h1-2,5-12,15H,3-4,13-14,16-17H2,(H,25,27). The molecule has 0 unspecified atom stereocenters. The summed E-state index contributed by atoms with van der Waals surface area (Å²) in [4.78, 5) is 27.6. The summed E-state index contributed by atoms with van der Waals surface area (Å²) in [6.07, 6.45) is 2.18. The van der Waals surface area contributed by atoms with E-state index in [1.165, 1.54) is 22.5 Å². The van der Waals surface area contributed by atoms with E-state index in [1.54, 1.807) is 0 Å². The van der Waals surface area contributed by atoms with Gasteiger partial charge in [-0.05, 0) is 53.4 Å². The number of benzene rings is 3. The van der Waals surface area contributed by atoms with E-state index in [-0.39, 0.29) is 11.8 Å². The maximum atomic E-state index is 12.4. The molecule has 0 aromatic heterocycles. The van der Waals surface area contributed by atoms with Gasteiger partial charge in [0.25, 0.3) is 5.91 Å². The number of carbonyl (C=O) groups is 2. The molecule has 3 aromatic rings. The summed E-state index contributed by atoms with van der Waals surface area (Å²) in [6, 6.07) is 22.0. The molecule has 0 atom stereocenters. The Labute approximate surface area is 175 Å². The molecule has 5 heteroatoms. The van der Waals surface area contributed by atoms with Crippen molar-refractivity contribution in [1.82, 2.24) is 10.2 Å². The van der Waals surface area contributed by atoms with Gasteiger partial charge >= 0.3 is 0 Å². The summed E-state index contributed by atoms with van der Waals surface area (Å²) in [5.41, 5.74) is 1.71. The first-order valence-electron chi connectivity index (χ1n) is 9.95. The van der Waals surface area contributed by atoms with Crippen molar-refractivity contribution in [2.24, 2.45) is 0 Å². The Bertz CT molecular complexity index is 1010. The Morgan fingerprint density at radius 1 is 0.897 bits per heavy atom. The predicted octanol–water partition coefficient (Wildman–Crippen LogP) is 4.48. The molecule has 1 saturated heterocycles. The maximum absolute atomic E-state index is 12.4. The average molecular weight is 405 g/mol. The van der Waals surface area contributed by atoms with Crippen LogP contribution < -0.4 is 5.32 Å². The highest BCUT2D eigenvalue weighted by molar-refractivity contribution is 8.00. The summed E-state index contributed by atoms with van der Waals surface area (Å²) in [5, 5.41) is 5.34. The first-order valence-corrected chi connectivity index (χ1v) is 10.9. The molecule has 1 heterocycles. The fraction of sp³-hybridized carbons (Fsp3) is 0.250. The van der Waals surface area contributed by atoms with E-state index in [1.807, 2.05) is 41.3 Å². The zero-order chi connectivity index (χ0) is 20.1. The van der Waals surface area contributed by atoms with Crippen molar-refractivity contribution in [3.8, 4) is 0 Å². The highest BCUT2D eigenvalue weighted by atomic mass is 32.2. The third-order valence-corrected chi connectivity index (χ3v) is 6.17. The minimum atomic E-state index is 0.000350. The average Bonchev–Trinajstić information content (AvgIpc) is 3.31. The zero-order valence-corrected chi connectivity index (χ0v) is 17.1. The molecule has 4 nitrogen and oxygen atoms in total. The van der Waals surface area contributed by atoms with Crippen LogP contribution in [0.15, 0.2) is 71.6 Å². The predicted molar refractivity (Wildman–Crippen MR) is 118 cm³/mol. The van der Waals surface area contributed by atoms with E-state index in [0.717, 1.165) is 36.4 Å². The van der Waals surface area contributed by atoms with E-state index < -0.39 is 0 Å². The lowest BCUT2D eigenvalue weighted by Gasteiger charge is -2.15.